The lowest BCUT2D eigenvalue weighted by atomic mass is 9.86. The Labute approximate surface area is 114 Å². The van der Waals surface area contributed by atoms with Crippen LogP contribution in [-0.4, -0.2) is 36.6 Å². The van der Waals surface area contributed by atoms with Gasteiger partial charge in [0.15, 0.2) is 0 Å². The minimum Gasteiger partial charge on any atom is -0.314 e. The summed E-state index contributed by atoms with van der Waals surface area (Å²) < 4.78 is 0. The molecule has 1 N–H and O–H groups in total. The Morgan fingerprint density at radius 1 is 1.11 bits per heavy atom. The van der Waals surface area contributed by atoms with E-state index in [0.29, 0.717) is 0 Å². The van der Waals surface area contributed by atoms with Crippen LogP contribution in [0.1, 0.15) is 53.4 Å². The minimum atomic E-state index is 0.740. The monoisotopic (exact) mass is 252 g/mol. The minimum absolute atomic E-state index is 0.740. The summed E-state index contributed by atoms with van der Waals surface area (Å²) >= 11 is 0. The molecule has 2 heteroatoms. The van der Waals surface area contributed by atoms with Gasteiger partial charge in [-0.05, 0) is 57.0 Å². The van der Waals surface area contributed by atoms with E-state index in [1.54, 1.807) is 0 Å². The second kappa shape index (κ2) is 6.38. The summed E-state index contributed by atoms with van der Waals surface area (Å²) in [6.45, 7) is 13.3. The molecule has 1 heterocycles. The average molecular weight is 252 g/mol. The van der Waals surface area contributed by atoms with Crippen molar-refractivity contribution in [2.24, 2.45) is 17.8 Å². The van der Waals surface area contributed by atoms with Crippen molar-refractivity contribution < 1.29 is 0 Å². The summed E-state index contributed by atoms with van der Waals surface area (Å²) in [6.07, 6.45) is 5.73. The molecular formula is C16H32N2. The molecule has 1 saturated carbocycles. The second-order valence-electron chi connectivity index (χ2n) is 6.83. The lowest BCUT2D eigenvalue weighted by Crippen LogP contribution is -2.54. The van der Waals surface area contributed by atoms with Gasteiger partial charge in [-0.25, -0.2) is 0 Å². The van der Waals surface area contributed by atoms with Gasteiger partial charge >= 0.3 is 0 Å². The van der Waals surface area contributed by atoms with Crippen LogP contribution < -0.4 is 5.32 Å². The fourth-order valence-corrected chi connectivity index (χ4v) is 4.07. The lowest BCUT2D eigenvalue weighted by Gasteiger charge is -2.44. The first-order valence-electron chi connectivity index (χ1n) is 8.09. The summed E-state index contributed by atoms with van der Waals surface area (Å²) in [5, 5.41) is 3.66. The van der Waals surface area contributed by atoms with E-state index in [1.165, 1.54) is 38.8 Å². The van der Waals surface area contributed by atoms with Crippen LogP contribution in [0.25, 0.3) is 0 Å². The molecule has 0 aromatic carbocycles. The highest BCUT2D eigenvalue weighted by Crippen LogP contribution is 2.33. The van der Waals surface area contributed by atoms with Crippen LogP contribution in [0.2, 0.25) is 0 Å². The summed E-state index contributed by atoms with van der Waals surface area (Å²) in [6, 6.07) is 1.49. The third-order valence-electron chi connectivity index (χ3n) is 5.46. The van der Waals surface area contributed by atoms with E-state index in [1.807, 2.05) is 0 Å². The molecule has 0 aromatic rings. The molecule has 2 aliphatic rings. The van der Waals surface area contributed by atoms with Gasteiger partial charge in [0.25, 0.3) is 0 Å². The van der Waals surface area contributed by atoms with Gasteiger partial charge < -0.3 is 10.2 Å². The highest BCUT2D eigenvalue weighted by molar-refractivity contribution is 4.90. The van der Waals surface area contributed by atoms with Gasteiger partial charge in [-0.3, -0.25) is 0 Å². The fraction of sp³-hybridized carbons (Fsp3) is 1.00. The van der Waals surface area contributed by atoms with Crippen LogP contribution in [0.3, 0.4) is 0 Å². The predicted molar refractivity (Wildman–Crippen MR) is 78.8 cm³/mol. The van der Waals surface area contributed by atoms with E-state index in [4.69, 9.17) is 0 Å². The Bertz CT molecular complexity index is 253. The van der Waals surface area contributed by atoms with Crippen molar-refractivity contribution in [1.82, 2.24) is 10.2 Å². The van der Waals surface area contributed by atoms with E-state index >= 15 is 0 Å². The molecule has 0 aromatic heterocycles. The van der Waals surface area contributed by atoms with Gasteiger partial charge in [-0.15, -0.1) is 0 Å². The maximum Gasteiger partial charge on any atom is 0.0120 e. The zero-order valence-corrected chi connectivity index (χ0v) is 12.8. The van der Waals surface area contributed by atoms with Gasteiger partial charge in [-0.2, -0.15) is 0 Å². The van der Waals surface area contributed by atoms with Gasteiger partial charge in [0.05, 0.1) is 0 Å². The molecule has 0 spiro atoms. The molecule has 5 atom stereocenters. The van der Waals surface area contributed by atoms with Crippen LogP contribution in [0, 0.1) is 17.8 Å². The molecule has 2 nitrogen and oxygen atoms in total. The van der Waals surface area contributed by atoms with Gasteiger partial charge in [0.2, 0.25) is 0 Å². The first-order chi connectivity index (χ1) is 8.61. The van der Waals surface area contributed by atoms with E-state index < -0.39 is 0 Å². The Morgan fingerprint density at radius 2 is 1.89 bits per heavy atom. The average Bonchev–Trinajstić information content (AvgIpc) is 2.75. The molecule has 0 radical (unpaired) electrons. The number of nitrogens with one attached hydrogen (secondary N) is 1. The Morgan fingerprint density at radius 3 is 2.50 bits per heavy atom. The molecule has 1 saturated heterocycles. The van der Waals surface area contributed by atoms with Crippen LogP contribution in [0.5, 0.6) is 0 Å². The van der Waals surface area contributed by atoms with Crippen LogP contribution >= 0.6 is 0 Å². The van der Waals surface area contributed by atoms with E-state index in [-0.39, 0.29) is 0 Å². The highest BCUT2D eigenvalue weighted by atomic mass is 15.2. The molecule has 0 amide bonds. The molecule has 1 aliphatic heterocycles. The summed E-state index contributed by atoms with van der Waals surface area (Å²) in [7, 11) is 0. The Kier molecular flexibility index (Phi) is 5.08. The predicted octanol–water partition coefficient (Wildman–Crippen LogP) is 3.13. The summed E-state index contributed by atoms with van der Waals surface area (Å²) in [4.78, 5) is 2.77. The highest BCUT2D eigenvalue weighted by Gasteiger charge is 2.33. The largest absolute Gasteiger partial charge is 0.314 e. The van der Waals surface area contributed by atoms with Gasteiger partial charge in [-0.1, -0.05) is 27.2 Å². The van der Waals surface area contributed by atoms with E-state index in [9.17, 15) is 0 Å². The van der Waals surface area contributed by atoms with Crippen molar-refractivity contribution in [2.75, 3.05) is 19.6 Å². The van der Waals surface area contributed by atoms with Crippen LogP contribution in [0.15, 0.2) is 0 Å². The normalized spacial score (nSPS) is 42.3. The van der Waals surface area contributed by atoms with Crippen molar-refractivity contribution in [3.63, 3.8) is 0 Å². The zero-order valence-electron chi connectivity index (χ0n) is 12.8. The summed E-state index contributed by atoms with van der Waals surface area (Å²) in [5.74, 6) is 2.74. The molecule has 106 valence electrons. The van der Waals surface area contributed by atoms with Crippen LogP contribution in [0.4, 0.5) is 0 Å². The first kappa shape index (κ1) is 14.3. The van der Waals surface area contributed by atoms with Crippen molar-refractivity contribution in [1.29, 1.82) is 0 Å². The zero-order chi connectivity index (χ0) is 13.1. The number of rotatable bonds is 4. The van der Waals surface area contributed by atoms with E-state index in [0.717, 1.165) is 36.4 Å². The maximum atomic E-state index is 3.66. The van der Waals surface area contributed by atoms with Crippen molar-refractivity contribution in [3.8, 4) is 0 Å². The molecule has 5 unspecified atom stereocenters. The van der Waals surface area contributed by atoms with E-state index in [2.05, 4.69) is 37.9 Å². The van der Waals surface area contributed by atoms with Crippen molar-refractivity contribution in [3.05, 3.63) is 0 Å². The number of piperidine rings is 1. The molecule has 18 heavy (non-hydrogen) atoms. The number of hydrogen-bond acceptors (Lipinski definition) is 2. The summed E-state index contributed by atoms with van der Waals surface area (Å²) in [5.41, 5.74) is 0. The SMILES string of the molecule is CCNC1CCN(CC2CCC(C)C2)C(C)C1C. The lowest BCUT2D eigenvalue weighted by molar-refractivity contribution is 0.0711. The molecule has 2 fully saturated rings. The second-order valence-corrected chi connectivity index (χ2v) is 6.83. The Balaban J connectivity index is 1.84. The first-order valence-corrected chi connectivity index (χ1v) is 8.09. The molecule has 2 rings (SSSR count). The third kappa shape index (κ3) is 3.27. The topological polar surface area (TPSA) is 15.3 Å². The molecule has 1 aliphatic carbocycles. The number of likely N-dealkylation sites (tertiary alicyclic amines) is 1. The van der Waals surface area contributed by atoms with Crippen LogP contribution in [-0.2, 0) is 0 Å². The van der Waals surface area contributed by atoms with Crippen molar-refractivity contribution >= 4 is 0 Å². The van der Waals surface area contributed by atoms with Crippen molar-refractivity contribution in [2.45, 2.75) is 65.5 Å². The Hall–Kier alpha value is -0.0800. The fourth-order valence-electron chi connectivity index (χ4n) is 4.07. The smallest absolute Gasteiger partial charge is 0.0120 e. The third-order valence-corrected chi connectivity index (χ3v) is 5.46. The van der Waals surface area contributed by atoms with Gasteiger partial charge in [0.1, 0.15) is 0 Å². The molecular weight excluding hydrogens is 220 g/mol. The quantitative estimate of drug-likeness (QED) is 0.827. The maximum absolute atomic E-state index is 3.66. The number of nitrogens with zero attached hydrogens (tertiary/aromatic N) is 1. The molecule has 0 bridgehead atoms. The van der Waals surface area contributed by atoms with Gasteiger partial charge in [0, 0.05) is 18.6 Å². The standard InChI is InChI=1S/C16H32N2/c1-5-17-16-8-9-18(14(4)13(16)3)11-15-7-6-12(2)10-15/h12-17H,5-11H2,1-4H3. The number of hydrogen-bond donors (Lipinski definition) is 1.